The molecule has 1 saturated heterocycles. The van der Waals surface area contributed by atoms with Crippen LogP contribution in [0.25, 0.3) is 10.9 Å². The van der Waals surface area contributed by atoms with E-state index in [9.17, 15) is 4.79 Å². The van der Waals surface area contributed by atoms with Crippen molar-refractivity contribution < 1.29 is 4.79 Å². The zero-order valence-electron chi connectivity index (χ0n) is 13.3. The van der Waals surface area contributed by atoms with Crippen molar-refractivity contribution in [3.05, 3.63) is 48.9 Å². The van der Waals surface area contributed by atoms with Crippen molar-refractivity contribution in [2.45, 2.75) is 12.8 Å². The number of hydrogen-bond acceptors (Lipinski definition) is 4. The first-order valence-corrected chi connectivity index (χ1v) is 8.19. The Labute approximate surface area is 139 Å². The van der Waals surface area contributed by atoms with E-state index >= 15 is 0 Å². The molecule has 0 aliphatic carbocycles. The van der Waals surface area contributed by atoms with Gasteiger partial charge in [0.05, 0.1) is 5.92 Å². The highest BCUT2D eigenvalue weighted by Crippen LogP contribution is 2.23. The summed E-state index contributed by atoms with van der Waals surface area (Å²) in [4.78, 5) is 26.4. The largest absolute Gasteiger partial charge is 0.361 e. The van der Waals surface area contributed by atoms with Crippen molar-refractivity contribution in [3.63, 3.8) is 0 Å². The van der Waals surface area contributed by atoms with Crippen LogP contribution in [0, 0.1) is 5.92 Å². The molecule has 4 rings (SSSR count). The molecule has 1 aliphatic heterocycles. The van der Waals surface area contributed by atoms with E-state index in [0.29, 0.717) is 12.5 Å². The number of carbonyl (C=O) groups excluding carboxylic acids is 1. The van der Waals surface area contributed by atoms with Gasteiger partial charge in [0.15, 0.2) is 0 Å². The first-order valence-electron chi connectivity index (χ1n) is 8.19. The maximum Gasteiger partial charge on any atom is 0.229 e. The number of benzene rings is 1. The van der Waals surface area contributed by atoms with Gasteiger partial charge in [-0.3, -0.25) is 4.79 Å². The third-order valence-corrected chi connectivity index (χ3v) is 4.45. The number of nitrogens with zero attached hydrogens (tertiary/aromatic N) is 3. The minimum absolute atomic E-state index is 0.0514. The number of fused-ring (bicyclic) bond motifs is 1. The van der Waals surface area contributed by atoms with E-state index in [0.717, 1.165) is 36.0 Å². The van der Waals surface area contributed by atoms with Gasteiger partial charge < -0.3 is 15.2 Å². The number of hydrogen-bond donors (Lipinski definition) is 2. The summed E-state index contributed by atoms with van der Waals surface area (Å²) in [6.45, 7) is 1.55. The molecule has 1 aliphatic rings. The Morgan fingerprint density at radius 3 is 3.00 bits per heavy atom. The van der Waals surface area contributed by atoms with Gasteiger partial charge in [0, 0.05) is 48.3 Å². The summed E-state index contributed by atoms with van der Waals surface area (Å²) in [7, 11) is 0. The third kappa shape index (κ3) is 2.95. The van der Waals surface area contributed by atoms with Gasteiger partial charge in [-0.05, 0) is 43.2 Å². The molecule has 1 fully saturated rings. The van der Waals surface area contributed by atoms with Crippen LogP contribution in [-0.4, -0.2) is 33.9 Å². The molecule has 1 aromatic carbocycles. The summed E-state index contributed by atoms with van der Waals surface area (Å²) in [5.41, 5.74) is 1.90. The van der Waals surface area contributed by atoms with E-state index < -0.39 is 0 Å². The minimum Gasteiger partial charge on any atom is -0.361 e. The van der Waals surface area contributed by atoms with Crippen LogP contribution in [0.4, 0.5) is 11.6 Å². The smallest absolute Gasteiger partial charge is 0.229 e. The minimum atomic E-state index is -0.0514. The summed E-state index contributed by atoms with van der Waals surface area (Å²) in [6.07, 6.45) is 7.22. The van der Waals surface area contributed by atoms with Gasteiger partial charge in [-0.1, -0.05) is 0 Å². The van der Waals surface area contributed by atoms with Crippen molar-refractivity contribution in [1.29, 1.82) is 0 Å². The molecule has 0 radical (unpaired) electrons. The molecule has 2 aromatic heterocycles. The van der Waals surface area contributed by atoms with E-state index in [1.54, 1.807) is 18.5 Å². The Morgan fingerprint density at radius 1 is 1.25 bits per heavy atom. The Bertz CT molecular complexity index is 845. The predicted octanol–water partition coefficient (Wildman–Crippen LogP) is 2.81. The molecule has 0 bridgehead atoms. The summed E-state index contributed by atoms with van der Waals surface area (Å²) in [6, 6.07) is 9.70. The van der Waals surface area contributed by atoms with Gasteiger partial charge >= 0.3 is 0 Å². The van der Waals surface area contributed by atoms with Crippen LogP contribution in [0.15, 0.2) is 48.9 Å². The van der Waals surface area contributed by atoms with Gasteiger partial charge in [-0.25, -0.2) is 9.97 Å². The van der Waals surface area contributed by atoms with E-state index in [4.69, 9.17) is 0 Å². The highest BCUT2D eigenvalue weighted by Gasteiger charge is 2.27. The number of aromatic amines is 1. The highest BCUT2D eigenvalue weighted by molar-refractivity contribution is 5.95. The Morgan fingerprint density at radius 2 is 2.12 bits per heavy atom. The molecule has 2 N–H and O–H groups in total. The predicted molar refractivity (Wildman–Crippen MR) is 93.9 cm³/mol. The van der Waals surface area contributed by atoms with E-state index in [1.807, 2.05) is 30.5 Å². The van der Waals surface area contributed by atoms with Crippen LogP contribution in [0.1, 0.15) is 12.8 Å². The monoisotopic (exact) mass is 321 g/mol. The average Bonchev–Trinajstić information content (AvgIpc) is 3.10. The fourth-order valence-corrected chi connectivity index (χ4v) is 3.20. The second-order valence-electron chi connectivity index (χ2n) is 6.10. The van der Waals surface area contributed by atoms with Crippen LogP contribution in [0.5, 0.6) is 0 Å². The molecule has 1 amide bonds. The fourth-order valence-electron chi connectivity index (χ4n) is 3.20. The van der Waals surface area contributed by atoms with Crippen molar-refractivity contribution in [3.8, 4) is 0 Å². The number of carbonyl (C=O) groups is 1. The number of nitrogens with one attached hydrogen (secondary N) is 2. The molecule has 6 nitrogen and oxygen atoms in total. The van der Waals surface area contributed by atoms with Crippen LogP contribution >= 0.6 is 0 Å². The molecule has 122 valence electrons. The lowest BCUT2D eigenvalue weighted by atomic mass is 9.97. The van der Waals surface area contributed by atoms with Crippen LogP contribution in [0.3, 0.4) is 0 Å². The summed E-state index contributed by atoms with van der Waals surface area (Å²) >= 11 is 0. The van der Waals surface area contributed by atoms with Crippen molar-refractivity contribution in [1.82, 2.24) is 15.0 Å². The molecule has 3 aromatic rings. The van der Waals surface area contributed by atoms with Crippen molar-refractivity contribution in [2.24, 2.45) is 5.92 Å². The second kappa shape index (κ2) is 6.31. The molecule has 0 saturated carbocycles. The maximum absolute atomic E-state index is 12.6. The van der Waals surface area contributed by atoms with Crippen LogP contribution in [0.2, 0.25) is 0 Å². The molecule has 0 spiro atoms. The summed E-state index contributed by atoms with van der Waals surface area (Å²) < 4.78 is 0. The number of aromatic nitrogens is 3. The zero-order chi connectivity index (χ0) is 16.4. The summed E-state index contributed by atoms with van der Waals surface area (Å²) in [5, 5.41) is 4.14. The Kier molecular flexibility index (Phi) is 3.86. The Balaban J connectivity index is 1.45. The van der Waals surface area contributed by atoms with E-state index in [2.05, 4.69) is 25.2 Å². The molecule has 24 heavy (non-hydrogen) atoms. The van der Waals surface area contributed by atoms with Gasteiger partial charge in [0.25, 0.3) is 0 Å². The van der Waals surface area contributed by atoms with Gasteiger partial charge in [-0.15, -0.1) is 0 Å². The number of anilines is 2. The fraction of sp³-hybridized carbons (Fsp3) is 0.278. The first kappa shape index (κ1) is 14.7. The van der Waals surface area contributed by atoms with Crippen LogP contribution < -0.4 is 10.2 Å². The molecule has 6 heteroatoms. The number of amides is 1. The number of piperidine rings is 1. The first-order chi connectivity index (χ1) is 11.8. The Hall–Kier alpha value is -2.89. The molecule has 1 atom stereocenters. The second-order valence-corrected chi connectivity index (χ2v) is 6.10. The quantitative estimate of drug-likeness (QED) is 0.778. The molecule has 3 heterocycles. The highest BCUT2D eigenvalue weighted by atomic mass is 16.1. The maximum atomic E-state index is 12.6. The molecule has 1 unspecified atom stereocenters. The van der Waals surface area contributed by atoms with Crippen LogP contribution in [-0.2, 0) is 4.79 Å². The molecular weight excluding hydrogens is 302 g/mol. The van der Waals surface area contributed by atoms with Gasteiger partial charge in [-0.2, -0.15) is 0 Å². The lowest BCUT2D eigenvalue weighted by Gasteiger charge is -2.31. The normalized spacial score (nSPS) is 17.8. The third-order valence-electron chi connectivity index (χ3n) is 4.45. The number of rotatable bonds is 3. The summed E-state index contributed by atoms with van der Waals surface area (Å²) in [5.74, 6) is 0.707. The van der Waals surface area contributed by atoms with Crippen molar-refractivity contribution in [2.75, 3.05) is 23.3 Å². The number of H-pyrrole nitrogens is 1. The molecular formula is C18H19N5O. The van der Waals surface area contributed by atoms with E-state index in [-0.39, 0.29) is 11.8 Å². The standard InChI is InChI=1S/C18H19N5O/c24-17(22-15-4-5-16-13(11-15)6-9-19-16)14-3-1-10-23(12-14)18-20-7-2-8-21-18/h2,4-9,11,14,19H,1,3,10,12H2,(H,22,24). The lowest BCUT2D eigenvalue weighted by molar-refractivity contribution is -0.120. The van der Waals surface area contributed by atoms with E-state index in [1.165, 1.54) is 0 Å². The van der Waals surface area contributed by atoms with Gasteiger partial charge in [0.2, 0.25) is 11.9 Å². The SMILES string of the molecule is O=C(Nc1ccc2[nH]ccc2c1)C1CCCN(c2ncccn2)C1. The average molecular weight is 321 g/mol. The van der Waals surface area contributed by atoms with Gasteiger partial charge in [0.1, 0.15) is 0 Å². The topological polar surface area (TPSA) is 73.9 Å². The lowest BCUT2D eigenvalue weighted by Crippen LogP contribution is -2.41. The van der Waals surface area contributed by atoms with Crippen molar-refractivity contribution >= 4 is 28.4 Å². The zero-order valence-corrected chi connectivity index (χ0v) is 13.3.